The van der Waals surface area contributed by atoms with Crippen LogP contribution in [0.5, 0.6) is 11.5 Å². The Labute approximate surface area is 128 Å². The molecule has 0 radical (unpaired) electrons. The molecule has 0 aliphatic rings. The maximum Gasteiger partial charge on any atom is 0.123 e. The first-order valence-electron chi connectivity index (χ1n) is 6.70. The van der Waals surface area contributed by atoms with E-state index < -0.39 is 0 Å². The van der Waals surface area contributed by atoms with E-state index >= 15 is 0 Å². The van der Waals surface area contributed by atoms with Crippen LogP contribution < -0.4 is 15.2 Å². The molecule has 5 nitrogen and oxygen atoms in total. The molecule has 0 amide bonds. The Balaban J connectivity index is 1.90. The van der Waals surface area contributed by atoms with Crippen molar-refractivity contribution in [3.05, 3.63) is 39.8 Å². The molecule has 0 saturated carbocycles. The van der Waals surface area contributed by atoms with Crippen molar-refractivity contribution in [3.63, 3.8) is 0 Å². The van der Waals surface area contributed by atoms with Gasteiger partial charge in [0.1, 0.15) is 11.5 Å². The van der Waals surface area contributed by atoms with E-state index in [4.69, 9.17) is 19.9 Å². The smallest absolute Gasteiger partial charge is 0.123 e. The minimum Gasteiger partial charge on any atom is -0.497 e. The normalized spacial score (nSPS) is 10.6. The van der Waals surface area contributed by atoms with Crippen molar-refractivity contribution in [2.45, 2.75) is 19.6 Å². The number of nitrogens with two attached hydrogens (primary N) is 1. The zero-order valence-electron chi connectivity index (χ0n) is 12.3. The molecule has 1 aromatic heterocycles. The van der Waals surface area contributed by atoms with Gasteiger partial charge >= 0.3 is 0 Å². The second kappa shape index (κ2) is 7.97. The summed E-state index contributed by atoms with van der Waals surface area (Å²) >= 11 is 1.62. The first-order valence-corrected chi connectivity index (χ1v) is 7.51. The molecule has 2 N–H and O–H groups in total. The third kappa shape index (κ3) is 4.42. The van der Waals surface area contributed by atoms with Crippen LogP contribution in [0.4, 0.5) is 0 Å². The molecular weight excluding hydrogens is 288 g/mol. The van der Waals surface area contributed by atoms with E-state index in [2.05, 4.69) is 4.98 Å². The number of rotatable bonds is 8. The molecule has 1 heterocycles. The molecule has 0 unspecified atom stereocenters. The lowest BCUT2D eigenvalue weighted by molar-refractivity contribution is 0.181. The summed E-state index contributed by atoms with van der Waals surface area (Å²) in [6.45, 7) is 1.56. The number of methoxy groups -OCH3 is 2. The standard InChI is InChI=1S/C15H20N2O3S/c1-18-10-13-14(9-16)21-15(17-13)6-7-20-12-5-3-4-11(8-12)19-2/h3-5,8H,6-7,9-10,16H2,1-2H3. The monoisotopic (exact) mass is 308 g/mol. The van der Waals surface area contributed by atoms with Crippen LogP contribution in [0.1, 0.15) is 15.6 Å². The van der Waals surface area contributed by atoms with E-state index in [1.807, 2.05) is 24.3 Å². The number of hydrogen-bond acceptors (Lipinski definition) is 6. The zero-order valence-corrected chi connectivity index (χ0v) is 13.1. The topological polar surface area (TPSA) is 66.6 Å². The minimum absolute atomic E-state index is 0.493. The Morgan fingerprint density at radius 3 is 2.76 bits per heavy atom. The molecular formula is C15H20N2O3S. The highest BCUT2D eigenvalue weighted by Gasteiger charge is 2.09. The van der Waals surface area contributed by atoms with Crippen molar-refractivity contribution >= 4 is 11.3 Å². The fourth-order valence-electron chi connectivity index (χ4n) is 1.90. The number of aromatic nitrogens is 1. The van der Waals surface area contributed by atoms with Crippen molar-refractivity contribution in [1.29, 1.82) is 0 Å². The van der Waals surface area contributed by atoms with Crippen molar-refractivity contribution < 1.29 is 14.2 Å². The minimum atomic E-state index is 0.493. The number of nitrogens with zero attached hydrogens (tertiary/aromatic N) is 1. The van der Waals surface area contributed by atoms with Crippen LogP contribution in [0.15, 0.2) is 24.3 Å². The first-order chi connectivity index (χ1) is 10.3. The van der Waals surface area contributed by atoms with Crippen molar-refractivity contribution in [1.82, 2.24) is 4.98 Å². The second-order valence-electron chi connectivity index (χ2n) is 4.39. The lowest BCUT2D eigenvalue weighted by atomic mass is 10.3. The maximum absolute atomic E-state index is 5.72. The van der Waals surface area contributed by atoms with E-state index in [1.54, 1.807) is 25.6 Å². The van der Waals surface area contributed by atoms with E-state index in [0.717, 1.165) is 33.5 Å². The summed E-state index contributed by atoms with van der Waals surface area (Å²) in [6, 6.07) is 7.56. The molecule has 6 heteroatoms. The lowest BCUT2D eigenvalue weighted by Gasteiger charge is -2.06. The summed E-state index contributed by atoms with van der Waals surface area (Å²) in [4.78, 5) is 5.62. The van der Waals surface area contributed by atoms with Gasteiger partial charge in [-0.15, -0.1) is 11.3 Å². The highest BCUT2D eigenvalue weighted by Crippen LogP contribution is 2.21. The van der Waals surface area contributed by atoms with Gasteiger partial charge in [-0.05, 0) is 12.1 Å². The number of hydrogen-bond donors (Lipinski definition) is 1. The lowest BCUT2D eigenvalue weighted by Crippen LogP contribution is -2.02. The van der Waals surface area contributed by atoms with Crippen LogP contribution in [-0.2, 0) is 24.3 Å². The van der Waals surface area contributed by atoms with E-state index in [-0.39, 0.29) is 0 Å². The molecule has 0 aliphatic heterocycles. The molecule has 0 fully saturated rings. The van der Waals surface area contributed by atoms with Crippen LogP contribution in [0.25, 0.3) is 0 Å². The van der Waals surface area contributed by atoms with Gasteiger partial charge in [-0.2, -0.15) is 0 Å². The summed E-state index contributed by atoms with van der Waals surface area (Å²) in [5, 5.41) is 1.02. The molecule has 0 atom stereocenters. The number of benzene rings is 1. The van der Waals surface area contributed by atoms with E-state index in [9.17, 15) is 0 Å². The van der Waals surface area contributed by atoms with Gasteiger partial charge in [0.25, 0.3) is 0 Å². The highest BCUT2D eigenvalue weighted by molar-refractivity contribution is 7.11. The van der Waals surface area contributed by atoms with Gasteiger partial charge in [0.2, 0.25) is 0 Å². The average molecular weight is 308 g/mol. The van der Waals surface area contributed by atoms with Gasteiger partial charge in [-0.1, -0.05) is 6.07 Å². The van der Waals surface area contributed by atoms with Gasteiger partial charge in [-0.3, -0.25) is 0 Å². The molecule has 0 saturated heterocycles. The quantitative estimate of drug-likeness (QED) is 0.811. The van der Waals surface area contributed by atoms with Gasteiger partial charge in [0.15, 0.2) is 0 Å². The van der Waals surface area contributed by atoms with Gasteiger partial charge in [-0.25, -0.2) is 4.98 Å². The molecule has 2 aromatic rings. The summed E-state index contributed by atoms with van der Waals surface area (Å²) in [7, 11) is 3.30. The molecule has 0 bridgehead atoms. The average Bonchev–Trinajstić information content (AvgIpc) is 2.90. The second-order valence-corrected chi connectivity index (χ2v) is 5.56. The predicted octanol–water partition coefficient (Wildman–Crippen LogP) is 2.38. The summed E-state index contributed by atoms with van der Waals surface area (Å²) in [5.74, 6) is 1.58. The van der Waals surface area contributed by atoms with Crippen LogP contribution in [0, 0.1) is 0 Å². The molecule has 1 aromatic carbocycles. The Kier molecular flexibility index (Phi) is 5.98. The van der Waals surface area contributed by atoms with Crippen molar-refractivity contribution in [2.75, 3.05) is 20.8 Å². The predicted molar refractivity (Wildman–Crippen MR) is 82.9 cm³/mol. The van der Waals surface area contributed by atoms with Crippen LogP contribution in [0.2, 0.25) is 0 Å². The van der Waals surface area contributed by atoms with Gasteiger partial charge in [0, 0.05) is 31.0 Å². The molecule has 21 heavy (non-hydrogen) atoms. The van der Waals surface area contributed by atoms with Crippen LogP contribution in [0.3, 0.4) is 0 Å². The Morgan fingerprint density at radius 1 is 1.24 bits per heavy atom. The van der Waals surface area contributed by atoms with Crippen LogP contribution >= 0.6 is 11.3 Å². The van der Waals surface area contributed by atoms with Crippen molar-refractivity contribution in [2.24, 2.45) is 5.73 Å². The largest absolute Gasteiger partial charge is 0.497 e. The first kappa shape index (κ1) is 15.8. The fraction of sp³-hybridized carbons (Fsp3) is 0.400. The van der Waals surface area contributed by atoms with Crippen molar-refractivity contribution in [3.8, 4) is 11.5 Å². The molecule has 114 valence electrons. The maximum atomic E-state index is 5.72. The summed E-state index contributed by atoms with van der Waals surface area (Å²) in [6.07, 6.45) is 0.749. The SMILES string of the molecule is COCc1nc(CCOc2cccc(OC)c2)sc1CN. The number of ether oxygens (including phenoxy) is 3. The molecule has 0 spiro atoms. The Bertz CT molecular complexity index is 572. The van der Waals surface area contributed by atoms with Gasteiger partial charge in [0.05, 0.1) is 31.0 Å². The summed E-state index contributed by atoms with van der Waals surface area (Å²) < 4.78 is 16.0. The van der Waals surface area contributed by atoms with Crippen LogP contribution in [-0.4, -0.2) is 25.8 Å². The number of thiazole rings is 1. The zero-order chi connectivity index (χ0) is 15.1. The van der Waals surface area contributed by atoms with Gasteiger partial charge < -0.3 is 19.9 Å². The fourth-order valence-corrected chi connectivity index (χ4v) is 2.83. The summed E-state index contributed by atoms with van der Waals surface area (Å²) in [5.41, 5.74) is 6.65. The third-order valence-corrected chi connectivity index (χ3v) is 4.09. The Morgan fingerprint density at radius 2 is 2.05 bits per heavy atom. The Hall–Kier alpha value is -1.63. The third-order valence-electron chi connectivity index (χ3n) is 2.91. The molecule has 2 rings (SSSR count). The molecule has 0 aliphatic carbocycles. The van der Waals surface area contributed by atoms with E-state index in [0.29, 0.717) is 19.8 Å². The highest BCUT2D eigenvalue weighted by atomic mass is 32.1. The van der Waals surface area contributed by atoms with E-state index in [1.165, 1.54) is 0 Å².